The van der Waals surface area contributed by atoms with Gasteiger partial charge in [-0.15, -0.1) is 0 Å². The second-order valence-electron chi connectivity index (χ2n) is 5.61. The summed E-state index contributed by atoms with van der Waals surface area (Å²) in [4.78, 5) is 16.0. The highest BCUT2D eigenvalue weighted by Crippen LogP contribution is 2.17. The quantitative estimate of drug-likeness (QED) is 0.765. The topological polar surface area (TPSA) is 53.0 Å². The lowest BCUT2D eigenvalue weighted by Gasteiger charge is -2.36. The van der Waals surface area contributed by atoms with Gasteiger partial charge in [-0.05, 0) is 13.8 Å². The Labute approximate surface area is 109 Å². The number of amides is 1. The van der Waals surface area contributed by atoms with Crippen molar-refractivity contribution in [2.75, 3.05) is 39.3 Å². The van der Waals surface area contributed by atoms with Crippen molar-refractivity contribution >= 4 is 5.91 Å². The summed E-state index contributed by atoms with van der Waals surface area (Å²) in [5.41, 5.74) is 0. The Kier molecular flexibility index (Phi) is 4.59. The van der Waals surface area contributed by atoms with E-state index in [4.69, 9.17) is 9.84 Å². The number of likely N-dealkylation sites (tertiary alicyclic amines) is 1. The van der Waals surface area contributed by atoms with Crippen LogP contribution in [0.1, 0.15) is 20.3 Å². The maximum atomic E-state index is 11.7. The fourth-order valence-corrected chi connectivity index (χ4v) is 2.92. The third-order valence-electron chi connectivity index (χ3n) is 3.73. The first kappa shape index (κ1) is 13.8. The maximum Gasteiger partial charge on any atom is 0.223 e. The first-order valence-electron chi connectivity index (χ1n) is 6.85. The Morgan fingerprint density at radius 2 is 1.89 bits per heavy atom. The predicted molar refractivity (Wildman–Crippen MR) is 68.2 cm³/mol. The average molecular weight is 256 g/mol. The number of hydrogen-bond donors (Lipinski definition) is 1. The SMILES string of the molecule is C[C@@H]1CN(CCN2CC(CO)CC2=O)C[C@H](C)O1. The number of carbonyl (C=O) groups excluding carboxylic acids is 1. The zero-order chi connectivity index (χ0) is 13.1. The lowest BCUT2D eigenvalue weighted by atomic mass is 10.1. The van der Waals surface area contributed by atoms with Crippen LogP contribution in [0.2, 0.25) is 0 Å². The molecule has 0 aromatic rings. The molecule has 0 saturated carbocycles. The molecular formula is C13H24N2O3. The highest BCUT2D eigenvalue weighted by Gasteiger charge is 2.29. The van der Waals surface area contributed by atoms with E-state index in [1.807, 2.05) is 4.90 Å². The molecule has 0 radical (unpaired) electrons. The van der Waals surface area contributed by atoms with Crippen LogP contribution in [0, 0.1) is 5.92 Å². The summed E-state index contributed by atoms with van der Waals surface area (Å²) in [6, 6.07) is 0. The number of aliphatic hydroxyl groups is 1. The molecule has 2 aliphatic heterocycles. The highest BCUT2D eigenvalue weighted by atomic mass is 16.5. The third kappa shape index (κ3) is 3.43. The fraction of sp³-hybridized carbons (Fsp3) is 0.923. The molecule has 0 spiro atoms. The molecule has 1 unspecified atom stereocenters. The van der Waals surface area contributed by atoms with Crippen molar-refractivity contribution in [1.82, 2.24) is 9.80 Å². The Morgan fingerprint density at radius 1 is 1.22 bits per heavy atom. The van der Waals surface area contributed by atoms with Crippen LogP contribution in [0.15, 0.2) is 0 Å². The number of ether oxygens (including phenoxy) is 1. The zero-order valence-electron chi connectivity index (χ0n) is 11.3. The van der Waals surface area contributed by atoms with Gasteiger partial charge in [0.1, 0.15) is 0 Å². The molecule has 2 fully saturated rings. The summed E-state index contributed by atoms with van der Waals surface area (Å²) in [6.07, 6.45) is 1.05. The summed E-state index contributed by atoms with van der Waals surface area (Å²) in [5, 5.41) is 9.08. The first-order valence-corrected chi connectivity index (χ1v) is 6.85. The molecule has 104 valence electrons. The summed E-state index contributed by atoms with van der Waals surface area (Å²) in [7, 11) is 0. The van der Waals surface area contributed by atoms with E-state index in [0.717, 1.165) is 26.2 Å². The van der Waals surface area contributed by atoms with Crippen molar-refractivity contribution in [3.63, 3.8) is 0 Å². The van der Waals surface area contributed by atoms with Crippen LogP contribution in [0.4, 0.5) is 0 Å². The monoisotopic (exact) mass is 256 g/mol. The summed E-state index contributed by atoms with van der Waals surface area (Å²) in [6.45, 7) is 8.57. The van der Waals surface area contributed by atoms with Crippen molar-refractivity contribution in [1.29, 1.82) is 0 Å². The van der Waals surface area contributed by atoms with Crippen molar-refractivity contribution in [3.05, 3.63) is 0 Å². The molecule has 0 aromatic heterocycles. The maximum absolute atomic E-state index is 11.7. The molecule has 2 rings (SSSR count). The molecule has 18 heavy (non-hydrogen) atoms. The van der Waals surface area contributed by atoms with E-state index in [0.29, 0.717) is 13.0 Å². The van der Waals surface area contributed by atoms with Gasteiger partial charge in [0.05, 0.1) is 12.2 Å². The van der Waals surface area contributed by atoms with Gasteiger partial charge in [-0.25, -0.2) is 0 Å². The molecule has 2 heterocycles. The lowest BCUT2D eigenvalue weighted by molar-refractivity contribution is -0.128. The molecule has 5 heteroatoms. The Hall–Kier alpha value is -0.650. The number of nitrogens with zero attached hydrogens (tertiary/aromatic N) is 2. The van der Waals surface area contributed by atoms with Gasteiger partial charge < -0.3 is 14.7 Å². The minimum Gasteiger partial charge on any atom is -0.396 e. The minimum absolute atomic E-state index is 0.119. The van der Waals surface area contributed by atoms with E-state index in [2.05, 4.69) is 18.7 Å². The normalized spacial score (nSPS) is 34.3. The summed E-state index contributed by atoms with van der Waals surface area (Å²) >= 11 is 0. The van der Waals surface area contributed by atoms with E-state index in [9.17, 15) is 4.79 Å². The van der Waals surface area contributed by atoms with Crippen LogP contribution in [-0.4, -0.2) is 72.4 Å². The van der Waals surface area contributed by atoms with Crippen molar-refractivity contribution in [2.24, 2.45) is 5.92 Å². The van der Waals surface area contributed by atoms with Gasteiger partial charge in [0.15, 0.2) is 0 Å². The summed E-state index contributed by atoms with van der Waals surface area (Å²) < 4.78 is 5.69. The molecule has 0 bridgehead atoms. The molecule has 0 aliphatic carbocycles. The van der Waals surface area contributed by atoms with E-state index in [1.165, 1.54) is 0 Å². The minimum atomic E-state index is 0.119. The van der Waals surface area contributed by atoms with Gasteiger partial charge in [-0.3, -0.25) is 9.69 Å². The van der Waals surface area contributed by atoms with Crippen LogP contribution in [0.5, 0.6) is 0 Å². The van der Waals surface area contributed by atoms with Gasteiger partial charge >= 0.3 is 0 Å². The van der Waals surface area contributed by atoms with Gasteiger partial charge in [0, 0.05) is 51.7 Å². The Morgan fingerprint density at radius 3 is 2.44 bits per heavy atom. The van der Waals surface area contributed by atoms with Crippen molar-refractivity contribution in [2.45, 2.75) is 32.5 Å². The van der Waals surface area contributed by atoms with E-state index < -0.39 is 0 Å². The molecule has 5 nitrogen and oxygen atoms in total. The van der Waals surface area contributed by atoms with Gasteiger partial charge in [-0.1, -0.05) is 0 Å². The first-order chi connectivity index (χ1) is 8.58. The highest BCUT2D eigenvalue weighted by molar-refractivity contribution is 5.78. The molecule has 3 atom stereocenters. The van der Waals surface area contributed by atoms with Crippen LogP contribution < -0.4 is 0 Å². The largest absolute Gasteiger partial charge is 0.396 e. The lowest BCUT2D eigenvalue weighted by Crippen LogP contribution is -2.48. The van der Waals surface area contributed by atoms with E-state index in [-0.39, 0.29) is 30.6 Å². The number of carbonyl (C=O) groups is 1. The number of hydrogen-bond acceptors (Lipinski definition) is 4. The Balaban J connectivity index is 1.76. The van der Waals surface area contributed by atoms with Crippen LogP contribution in [0.25, 0.3) is 0 Å². The second-order valence-corrected chi connectivity index (χ2v) is 5.61. The van der Waals surface area contributed by atoms with Crippen LogP contribution in [-0.2, 0) is 9.53 Å². The summed E-state index contributed by atoms with van der Waals surface area (Å²) in [5.74, 6) is 0.323. The van der Waals surface area contributed by atoms with E-state index >= 15 is 0 Å². The molecule has 1 amide bonds. The van der Waals surface area contributed by atoms with E-state index in [1.54, 1.807) is 0 Å². The number of morpholine rings is 1. The predicted octanol–water partition coefficient (Wildman–Crippen LogP) is -0.0636. The van der Waals surface area contributed by atoms with Gasteiger partial charge in [-0.2, -0.15) is 0 Å². The number of rotatable bonds is 4. The molecular weight excluding hydrogens is 232 g/mol. The third-order valence-corrected chi connectivity index (χ3v) is 3.73. The average Bonchev–Trinajstić information content (AvgIpc) is 2.66. The zero-order valence-corrected chi connectivity index (χ0v) is 11.3. The van der Waals surface area contributed by atoms with Crippen molar-refractivity contribution in [3.8, 4) is 0 Å². The molecule has 2 aliphatic rings. The number of aliphatic hydroxyl groups excluding tert-OH is 1. The molecule has 0 aromatic carbocycles. The van der Waals surface area contributed by atoms with Crippen molar-refractivity contribution < 1.29 is 14.6 Å². The smallest absolute Gasteiger partial charge is 0.223 e. The fourth-order valence-electron chi connectivity index (χ4n) is 2.92. The molecule has 1 N–H and O–H groups in total. The van der Waals surface area contributed by atoms with Crippen LogP contribution >= 0.6 is 0 Å². The standard InChI is InChI=1S/C13H24N2O3/c1-10-6-14(7-11(2)18-10)3-4-15-8-12(9-16)5-13(15)17/h10-12,16H,3-9H2,1-2H3/t10-,11+,12?. The molecule has 2 saturated heterocycles. The Bertz CT molecular complexity index is 288. The second kappa shape index (κ2) is 5.99. The van der Waals surface area contributed by atoms with Gasteiger partial charge in [0.2, 0.25) is 5.91 Å². The van der Waals surface area contributed by atoms with Gasteiger partial charge in [0.25, 0.3) is 0 Å². The van der Waals surface area contributed by atoms with Crippen LogP contribution in [0.3, 0.4) is 0 Å².